The van der Waals surface area contributed by atoms with Gasteiger partial charge in [-0.15, -0.1) is 11.3 Å². The number of aromatic nitrogens is 2. The first-order valence-corrected chi connectivity index (χ1v) is 8.04. The van der Waals surface area contributed by atoms with Crippen LogP contribution < -0.4 is 0 Å². The van der Waals surface area contributed by atoms with E-state index in [-0.39, 0.29) is 5.69 Å². The highest BCUT2D eigenvalue weighted by Crippen LogP contribution is 2.25. The molecular formula is C13H16N2O2S2. The lowest BCUT2D eigenvalue weighted by Gasteiger charge is -2.01. The van der Waals surface area contributed by atoms with Crippen LogP contribution in [0.2, 0.25) is 0 Å². The van der Waals surface area contributed by atoms with E-state index in [1.165, 1.54) is 0 Å². The number of hydrogen-bond acceptors (Lipinski definition) is 4. The third-order valence-corrected chi connectivity index (χ3v) is 4.85. The van der Waals surface area contributed by atoms with Crippen LogP contribution in [0.4, 0.5) is 0 Å². The van der Waals surface area contributed by atoms with Gasteiger partial charge in [-0.05, 0) is 17.7 Å². The number of aromatic amines is 1. The maximum atomic E-state index is 10.8. The van der Waals surface area contributed by atoms with E-state index >= 15 is 0 Å². The highest BCUT2D eigenvalue weighted by atomic mass is 32.2. The van der Waals surface area contributed by atoms with Crippen LogP contribution in [0.5, 0.6) is 0 Å². The summed E-state index contributed by atoms with van der Waals surface area (Å²) in [6, 6.07) is 1.61. The van der Waals surface area contributed by atoms with Crippen LogP contribution in [-0.4, -0.2) is 26.8 Å². The van der Waals surface area contributed by atoms with Gasteiger partial charge in [-0.2, -0.15) is 11.8 Å². The lowest BCUT2D eigenvalue weighted by Crippen LogP contribution is -1.94. The number of carboxylic acid groups (broad SMARTS) is 1. The smallest absolute Gasteiger partial charge is 0.352 e. The molecule has 2 aromatic rings. The van der Waals surface area contributed by atoms with Crippen LogP contribution >= 0.6 is 23.1 Å². The van der Waals surface area contributed by atoms with E-state index in [0.29, 0.717) is 5.92 Å². The number of carboxylic acids is 1. The summed E-state index contributed by atoms with van der Waals surface area (Å²) >= 11 is 3.50. The highest BCUT2D eigenvalue weighted by molar-refractivity contribution is 7.98. The first kappa shape index (κ1) is 14.1. The third-order valence-electron chi connectivity index (χ3n) is 2.44. The number of H-pyrrole nitrogens is 1. The minimum absolute atomic E-state index is 0.193. The van der Waals surface area contributed by atoms with Gasteiger partial charge in [0.15, 0.2) is 0 Å². The number of rotatable bonds is 6. The van der Waals surface area contributed by atoms with Crippen molar-refractivity contribution in [3.05, 3.63) is 28.3 Å². The number of aromatic carboxylic acids is 1. The van der Waals surface area contributed by atoms with Crippen LogP contribution in [0.1, 0.15) is 29.3 Å². The van der Waals surface area contributed by atoms with Gasteiger partial charge in [0.05, 0.1) is 5.69 Å². The molecule has 2 rings (SSSR count). The number of hydrogen-bond donors (Lipinski definition) is 2. The first-order chi connectivity index (χ1) is 9.06. The van der Waals surface area contributed by atoms with Crippen molar-refractivity contribution < 1.29 is 9.90 Å². The average molecular weight is 296 g/mol. The Morgan fingerprint density at radius 2 is 2.37 bits per heavy atom. The zero-order valence-corrected chi connectivity index (χ0v) is 12.5. The van der Waals surface area contributed by atoms with E-state index in [2.05, 4.69) is 23.8 Å². The van der Waals surface area contributed by atoms with Gasteiger partial charge in [-0.25, -0.2) is 9.78 Å². The Morgan fingerprint density at radius 1 is 1.58 bits per heavy atom. The number of nitrogens with one attached hydrogen (secondary N) is 1. The molecule has 2 heterocycles. The molecule has 4 nitrogen and oxygen atoms in total. The second kappa shape index (κ2) is 6.25. The molecule has 0 saturated carbocycles. The Morgan fingerprint density at radius 3 is 3.00 bits per heavy atom. The highest BCUT2D eigenvalue weighted by Gasteiger charge is 2.10. The van der Waals surface area contributed by atoms with Crippen LogP contribution in [0.3, 0.4) is 0 Å². The lowest BCUT2D eigenvalue weighted by molar-refractivity contribution is 0.0691. The minimum atomic E-state index is -0.950. The molecule has 0 aliphatic carbocycles. The monoisotopic (exact) mass is 296 g/mol. The van der Waals surface area contributed by atoms with E-state index in [0.717, 1.165) is 27.8 Å². The summed E-state index contributed by atoms with van der Waals surface area (Å²) in [4.78, 5) is 18.1. The van der Waals surface area contributed by atoms with Gasteiger partial charge >= 0.3 is 5.97 Å². The van der Waals surface area contributed by atoms with E-state index < -0.39 is 5.97 Å². The largest absolute Gasteiger partial charge is 0.477 e. The van der Waals surface area contributed by atoms with Crippen LogP contribution in [0, 0.1) is 5.92 Å². The van der Waals surface area contributed by atoms with E-state index in [1.807, 2.05) is 17.1 Å². The molecule has 0 bridgehead atoms. The SMILES string of the molecule is CC(C)CSCc1nc(-c2c[nH]c(C(=O)O)c2)cs1. The lowest BCUT2D eigenvalue weighted by atomic mass is 10.2. The van der Waals surface area contributed by atoms with Crippen molar-refractivity contribution >= 4 is 29.1 Å². The maximum absolute atomic E-state index is 10.8. The third kappa shape index (κ3) is 3.84. The van der Waals surface area contributed by atoms with Crippen molar-refractivity contribution in [3.8, 4) is 11.3 Å². The fraction of sp³-hybridized carbons (Fsp3) is 0.385. The van der Waals surface area contributed by atoms with Crippen molar-refractivity contribution in [1.29, 1.82) is 0 Å². The molecule has 0 fully saturated rings. The average Bonchev–Trinajstić information content (AvgIpc) is 2.95. The quantitative estimate of drug-likeness (QED) is 0.852. The Kier molecular flexibility index (Phi) is 4.66. The summed E-state index contributed by atoms with van der Waals surface area (Å²) < 4.78 is 0. The second-order valence-corrected chi connectivity index (χ2v) is 6.62. The standard InChI is InChI=1S/C13H16N2O2S2/c1-8(2)5-18-7-12-15-11(6-19-12)9-3-10(13(16)17)14-4-9/h3-4,6,8,14H,5,7H2,1-2H3,(H,16,17). The molecule has 6 heteroatoms. The molecular weight excluding hydrogens is 280 g/mol. The summed E-state index contributed by atoms with van der Waals surface area (Å²) in [5.41, 5.74) is 1.86. The molecule has 0 aromatic carbocycles. The number of thioether (sulfide) groups is 1. The van der Waals surface area contributed by atoms with Gasteiger partial charge in [-0.1, -0.05) is 13.8 Å². The predicted molar refractivity (Wildman–Crippen MR) is 79.9 cm³/mol. The molecule has 2 aromatic heterocycles. The molecule has 0 atom stereocenters. The minimum Gasteiger partial charge on any atom is -0.477 e. The van der Waals surface area contributed by atoms with Gasteiger partial charge in [0, 0.05) is 22.9 Å². The molecule has 102 valence electrons. The van der Waals surface area contributed by atoms with Gasteiger partial charge < -0.3 is 10.1 Å². The predicted octanol–water partition coefficient (Wildman–Crippen LogP) is 3.73. The summed E-state index contributed by atoms with van der Waals surface area (Å²) in [7, 11) is 0. The molecule has 0 aliphatic rings. The fourth-order valence-corrected chi connectivity index (χ4v) is 3.50. The molecule has 0 saturated heterocycles. The molecule has 19 heavy (non-hydrogen) atoms. The maximum Gasteiger partial charge on any atom is 0.352 e. The Labute approximate surface area is 120 Å². The van der Waals surface area contributed by atoms with Gasteiger partial charge in [-0.3, -0.25) is 0 Å². The molecule has 0 amide bonds. The summed E-state index contributed by atoms with van der Waals surface area (Å²) in [6.07, 6.45) is 1.68. The van der Waals surface area contributed by atoms with Crippen LogP contribution in [0.25, 0.3) is 11.3 Å². The van der Waals surface area contributed by atoms with E-state index in [1.54, 1.807) is 23.6 Å². The summed E-state index contributed by atoms with van der Waals surface area (Å²) in [5, 5.41) is 11.9. The summed E-state index contributed by atoms with van der Waals surface area (Å²) in [5.74, 6) is 1.78. The van der Waals surface area contributed by atoms with Crippen LogP contribution in [-0.2, 0) is 5.75 Å². The number of nitrogens with zero attached hydrogens (tertiary/aromatic N) is 1. The zero-order valence-electron chi connectivity index (χ0n) is 10.8. The van der Waals surface area contributed by atoms with Gasteiger partial charge in [0.1, 0.15) is 10.7 Å². The number of thiazole rings is 1. The molecule has 0 spiro atoms. The van der Waals surface area contributed by atoms with Crippen molar-refractivity contribution in [2.75, 3.05) is 5.75 Å². The van der Waals surface area contributed by atoms with Crippen molar-refractivity contribution in [3.63, 3.8) is 0 Å². The van der Waals surface area contributed by atoms with E-state index in [9.17, 15) is 4.79 Å². The molecule has 0 aliphatic heterocycles. The topological polar surface area (TPSA) is 66.0 Å². The van der Waals surface area contributed by atoms with E-state index in [4.69, 9.17) is 5.11 Å². The number of carbonyl (C=O) groups is 1. The Balaban J connectivity index is 2.01. The van der Waals surface area contributed by atoms with Crippen LogP contribution in [0.15, 0.2) is 17.6 Å². The zero-order chi connectivity index (χ0) is 13.8. The molecule has 0 unspecified atom stereocenters. The summed E-state index contributed by atoms with van der Waals surface area (Å²) in [6.45, 7) is 4.40. The first-order valence-electron chi connectivity index (χ1n) is 6.00. The Bertz CT molecular complexity index is 560. The normalized spacial score (nSPS) is 11.1. The van der Waals surface area contributed by atoms with Gasteiger partial charge in [0.2, 0.25) is 0 Å². The second-order valence-electron chi connectivity index (χ2n) is 4.64. The van der Waals surface area contributed by atoms with Crippen molar-refractivity contribution in [1.82, 2.24) is 9.97 Å². The van der Waals surface area contributed by atoms with Gasteiger partial charge in [0.25, 0.3) is 0 Å². The Hall–Kier alpha value is -1.27. The fourth-order valence-electron chi connectivity index (χ4n) is 1.56. The van der Waals surface area contributed by atoms with Crippen molar-refractivity contribution in [2.24, 2.45) is 5.92 Å². The van der Waals surface area contributed by atoms with Crippen molar-refractivity contribution in [2.45, 2.75) is 19.6 Å². The molecule has 2 N–H and O–H groups in total. The molecule has 0 radical (unpaired) electrons.